The van der Waals surface area contributed by atoms with E-state index in [1.54, 1.807) is 37.3 Å². The Kier molecular flexibility index (Phi) is 4.56. The Bertz CT molecular complexity index is 814. The first-order chi connectivity index (χ1) is 11.7. The highest BCUT2D eigenvalue weighted by atomic mass is 35.5. The summed E-state index contributed by atoms with van der Waals surface area (Å²) in [6.07, 6.45) is -2.89. The highest BCUT2D eigenvalue weighted by molar-refractivity contribution is 6.30. The summed E-state index contributed by atoms with van der Waals surface area (Å²) in [4.78, 5) is 5.14. The van der Waals surface area contributed by atoms with Gasteiger partial charge in [0.15, 0.2) is 0 Å². The number of alkyl halides is 3. The van der Waals surface area contributed by atoms with Crippen molar-refractivity contribution in [2.75, 3.05) is 0 Å². The van der Waals surface area contributed by atoms with Crippen molar-refractivity contribution in [1.29, 1.82) is 0 Å². The third kappa shape index (κ3) is 3.26. The van der Waals surface area contributed by atoms with E-state index < -0.39 is 11.8 Å². The van der Waals surface area contributed by atoms with E-state index in [4.69, 9.17) is 16.4 Å². The van der Waals surface area contributed by atoms with Crippen molar-refractivity contribution in [2.45, 2.75) is 32.0 Å². The van der Waals surface area contributed by atoms with Gasteiger partial charge in [0.05, 0.1) is 5.70 Å². The molecule has 0 bridgehead atoms. The molecule has 0 spiro atoms. The maximum absolute atomic E-state index is 14.0. The molecule has 1 aliphatic heterocycles. The molecule has 2 aromatic carbocycles. The minimum atomic E-state index is -4.62. The molecule has 0 aromatic heterocycles. The second-order valence-electron chi connectivity index (χ2n) is 6.06. The van der Waals surface area contributed by atoms with Crippen LogP contribution in [0.1, 0.15) is 29.2 Å². The lowest BCUT2D eigenvalue weighted by atomic mass is 9.89. The van der Waals surface area contributed by atoms with Crippen LogP contribution >= 0.6 is 11.6 Å². The summed E-state index contributed by atoms with van der Waals surface area (Å²) < 4.78 is 42.0. The lowest BCUT2D eigenvalue weighted by Crippen LogP contribution is -2.42. The van der Waals surface area contributed by atoms with Crippen LogP contribution in [0.3, 0.4) is 0 Å². The van der Waals surface area contributed by atoms with E-state index in [2.05, 4.69) is 5.48 Å². The number of aryl methyl sites for hydroxylation is 2. The van der Waals surface area contributed by atoms with Crippen molar-refractivity contribution >= 4 is 17.3 Å². The van der Waals surface area contributed by atoms with Gasteiger partial charge in [-0.2, -0.15) is 13.2 Å². The van der Waals surface area contributed by atoms with Gasteiger partial charge in [0.1, 0.15) is 0 Å². The minimum Gasteiger partial charge on any atom is -0.265 e. The largest absolute Gasteiger partial charge is 0.428 e. The SMILES string of the molecule is CCc1cc(C)cc(C2(C(F)(F)F)C=C(c3ccc(Cl)cc3)NO2)c1. The Morgan fingerprint density at radius 2 is 1.80 bits per heavy atom. The van der Waals surface area contributed by atoms with Crippen molar-refractivity contribution < 1.29 is 18.0 Å². The molecule has 1 heterocycles. The van der Waals surface area contributed by atoms with Crippen LogP contribution in [0.25, 0.3) is 5.70 Å². The number of halogens is 4. The first-order valence-corrected chi connectivity index (χ1v) is 8.23. The Balaban J connectivity index is 2.13. The zero-order valence-electron chi connectivity index (χ0n) is 13.7. The predicted octanol–water partition coefficient (Wildman–Crippen LogP) is 5.54. The maximum atomic E-state index is 14.0. The molecule has 0 saturated carbocycles. The van der Waals surface area contributed by atoms with E-state index in [9.17, 15) is 13.2 Å². The summed E-state index contributed by atoms with van der Waals surface area (Å²) in [5.41, 5.74) is 2.39. The standard InChI is InChI=1S/C19H17ClF3NO/c1-3-13-8-12(2)9-15(10-13)18(19(21,22)23)11-17(24-25-18)14-4-6-16(20)7-5-14/h4-11,24H,3H2,1-2H3. The zero-order valence-corrected chi connectivity index (χ0v) is 14.5. The smallest absolute Gasteiger partial charge is 0.265 e. The summed E-state index contributed by atoms with van der Waals surface area (Å²) in [6, 6.07) is 11.5. The Labute approximate surface area is 149 Å². The molecule has 25 heavy (non-hydrogen) atoms. The molecule has 1 aliphatic rings. The molecule has 0 saturated heterocycles. The molecular formula is C19H17ClF3NO. The number of hydrogen-bond acceptors (Lipinski definition) is 2. The summed E-state index contributed by atoms with van der Waals surface area (Å²) in [7, 11) is 0. The summed E-state index contributed by atoms with van der Waals surface area (Å²) in [5.74, 6) is 0. The van der Waals surface area contributed by atoms with Crippen molar-refractivity contribution in [3.8, 4) is 0 Å². The van der Waals surface area contributed by atoms with Gasteiger partial charge in [0, 0.05) is 10.6 Å². The van der Waals surface area contributed by atoms with Gasteiger partial charge in [0.25, 0.3) is 0 Å². The zero-order chi connectivity index (χ0) is 18.2. The molecule has 1 N–H and O–H groups in total. The fourth-order valence-electron chi connectivity index (χ4n) is 2.90. The summed E-state index contributed by atoms with van der Waals surface area (Å²) >= 11 is 5.84. The monoisotopic (exact) mass is 367 g/mol. The van der Waals surface area contributed by atoms with Crippen molar-refractivity contribution in [2.24, 2.45) is 0 Å². The van der Waals surface area contributed by atoms with Gasteiger partial charge in [0.2, 0.25) is 5.60 Å². The molecule has 1 unspecified atom stereocenters. The average molecular weight is 368 g/mol. The highest BCUT2D eigenvalue weighted by Crippen LogP contribution is 2.47. The number of hydroxylamine groups is 1. The number of rotatable bonds is 3. The quantitative estimate of drug-likeness (QED) is 0.768. The van der Waals surface area contributed by atoms with Crippen molar-refractivity contribution in [3.63, 3.8) is 0 Å². The molecule has 0 aliphatic carbocycles. The first-order valence-electron chi connectivity index (χ1n) is 7.86. The predicted molar refractivity (Wildman–Crippen MR) is 91.9 cm³/mol. The van der Waals surface area contributed by atoms with Gasteiger partial charge in [-0.05, 0) is 42.7 Å². The van der Waals surface area contributed by atoms with Gasteiger partial charge >= 0.3 is 6.18 Å². The van der Waals surface area contributed by atoms with Crippen LogP contribution < -0.4 is 5.48 Å². The second kappa shape index (κ2) is 6.39. The number of nitrogens with one attached hydrogen (secondary N) is 1. The van der Waals surface area contributed by atoms with E-state index in [1.165, 1.54) is 6.07 Å². The van der Waals surface area contributed by atoms with Gasteiger partial charge in [-0.1, -0.05) is 54.4 Å². The Morgan fingerprint density at radius 1 is 1.12 bits per heavy atom. The fraction of sp³-hybridized carbons (Fsp3) is 0.263. The van der Waals surface area contributed by atoms with Crippen LogP contribution in [-0.4, -0.2) is 6.18 Å². The normalized spacial score (nSPS) is 20.3. The van der Waals surface area contributed by atoms with Crippen LogP contribution in [0.4, 0.5) is 13.2 Å². The second-order valence-corrected chi connectivity index (χ2v) is 6.50. The first kappa shape index (κ1) is 17.8. The molecular weight excluding hydrogens is 351 g/mol. The molecule has 6 heteroatoms. The van der Waals surface area contributed by atoms with Crippen LogP contribution in [0.5, 0.6) is 0 Å². The molecule has 2 aromatic rings. The molecule has 3 rings (SSSR count). The highest BCUT2D eigenvalue weighted by Gasteiger charge is 2.59. The molecule has 0 amide bonds. The van der Waals surface area contributed by atoms with Gasteiger partial charge in [-0.15, -0.1) is 0 Å². The minimum absolute atomic E-state index is 0.0633. The third-order valence-corrected chi connectivity index (χ3v) is 4.47. The van der Waals surface area contributed by atoms with Gasteiger partial charge in [-0.3, -0.25) is 10.3 Å². The summed E-state index contributed by atoms with van der Waals surface area (Å²) in [6.45, 7) is 3.68. The van der Waals surface area contributed by atoms with Crippen LogP contribution in [0.15, 0.2) is 48.5 Å². The van der Waals surface area contributed by atoms with Crippen LogP contribution in [0, 0.1) is 6.92 Å². The van der Waals surface area contributed by atoms with E-state index in [1.807, 2.05) is 13.0 Å². The molecule has 0 radical (unpaired) electrons. The van der Waals surface area contributed by atoms with Crippen molar-refractivity contribution in [3.05, 3.63) is 75.8 Å². The third-order valence-electron chi connectivity index (χ3n) is 4.22. The molecule has 1 atom stereocenters. The fourth-order valence-corrected chi connectivity index (χ4v) is 3.02. The average Bonchev–Trinajstić information content (AvgIpc) is 3.01. The molecule has 132 valence electrons. The maximum Gasteiger partial charge on any atom is 0.428 e. The van der Waals surface area contributed by atoms with Gasteiger partial charge < -0.3 is 0 Å². The van der Waals surface area contributed by atoms with Crippen LogP contribution in [-0.2, 0) is 16.9 Å². The summed E-state index contributed by atoms with van der Waals surface area (Å²) in [5, 5.41) is 0.511. The van der Waals surface area contributed by atoms with E-state index >= 15 is 0 Å². The Hall–Kier alpha value is -1.98. The van der Waals surface area contributed by atoms with E-state index in [-0.39, 0.29) is 11.3 Å². The lowest BCUT2D eigenvalue weighted by Gasteiger charge is -2.29. The van der Waals surface area contributed by atoms with Crippen molar-refractivity contribution in [1.82, 2.24) is 5.48 Å². The van der Waals surface area contributed by atoms with Gasteiger partial charge in [-0.25, -0.2) is 0 Å². The number of hydrogen-bond donors (Lipinski definition) is 1. The van der Waals surface area contributed by atoms with E-state index in [0.717, 1.165) is 17.2 Å². The molecule has 2 nitrogen and oxygen atoms in total. The van der Waals surface area contributed by atoms with E-state index in [0.29, 0.717) is 17.0 Å². The number of benzene rings is 2. The lowest BCUT2D eigenvalue weighted by molar-refractivity contribution is -0.269. The topological polar surface area (TPSA) is 21.3 Å². The molecule has 0 fully saturated rings. The van der Waals surface area contributed by atoms with Crippen LogP contribution in [0.2, 0.25) is 5.02 Å². The Morgan fingerprint density at radius 3 is 2.40 bits per heavy atom.